The number of hydrogen-bond acceptors (Lipinski definition) is 8. The molecule has 3 aromatic rings. The van der Waals surface area contributed by atoms with Gasteiger partial charge in [0.25, 0.3) is 0 Å². The zero-order valence-electron chi connectivity index (χ0n) is 20.1. The van der Waals surface area contributed by atoms with E-state index in [1.165, 1.54) is 0 Å². The Hall–Kier alpha value is -3.36. The van der Waals surface area contributed by atoms with Gasteiger partial charge in [0.2, 0.25) is 0 Å². The van der Waals surface area contributed by atoms with Gasteiger partial charge in [0.1, 0.15) is 5.75 Å². The fourth-order valence-electron chi connectivity index (χ4n) is 4.28. The van der Waals surface area contributed by atoms with Gasteiger partial charge in [0.15, 0.2) is 11.5 Å². The lowest BCUT2D eigenvalue weighted by Gasteiger charge is -2.27. The molecule has 0 aliphatic carbocycles. The SMILES string of the molecule is CCOC(=O)c1c(CN2CCOCC2)nc2cc(OC)c(OC)cc2c1-c1ccccc1OC. The molecule has 8 nitrogen and oxygen atoms in total. The van der Waals surface area contributed by atoms with Crippen LogP contribution in [0.25, 0.3) is 22.0 Å². The third-order valence-corrected chi connectivity index (χ3v) is 5.90. The molecule has 4 rings (SSSR count). The maximum atomic E-state index is 13.4. The van der Waals surface area contributed by atoms with Crippen LogP contribution < -0.4 is 14.2 Å². The van der Waals surface area contributed by atoms with Crippen molar-refractivity contribution in [1.29, 1.82) is 0 Å². The highest BCUT2D eigenvalue weighted by Gasteiger charge is 2.27. The Balaban J connectivity index is 2.06. The summed E-state index contributed by atoms with van der Waals surface area (Å²) in [5.74, 6) is 1.34. The summed E-state index contributed by atoms with van der Waals surface area (Å²) in [5, 5.41) is 0.746. The van der Waals surface area contributed by atoms with E-state index in [0.29, 0.717) is 59.3 Å². The van der Waals surface area contributed by atoms with Crippen molar-refractivity contribution in [3.05, 3.63) is 47.7 Å². The molecule has 0 unspecified atom stereocenters. The number of methoxy groups -OCH3 is 3. The fraction of sp³-hybridized carbons (Fsp3) is 0.385. The maximum Gasteiger partial charge on any atom is 0.340 e. The summed E-state index contributed by atoms with van der Waals surface area (Å²) in [6.07, 6.45) is 0. The molecular weight excluding hydrogens is 436 g/mol. The first kappa shape index (κ1) is 23.8. The summed E-state index contributed by atoms with van der Waals surface area (Å²) in [5.41, 5.74) is 3.23. The van der Waals surface area contributed by atoms with E-state index in [1.54, 1.807) is 28.3 Å². The van der Waals surface area contributed by atoms with Crippen molar-refractivity contribution in [2.75, 3.05) is 54.2 Å². The van der Waals surface area contributed by atoms with Crippen LogP contribution in [0, 0.1) is 0 Å². The van der Waals surface area contributed by atoms with Gasteiger partial charge < -0.3 is 23.7 Å². The number of carbonyl (C=O) groups is 1. The summed E-state index contributed by atoms with van der Waals surface area (Å²) in [4.78, 5) is 20.6. The first-order chi connectivity index (χ1) is 16.6. The third kappa shape index (κ3) is 4.64. The fourth-order valence-corrected chi connectivity index (χ4v) is 4.28. The van der Waals surface area contributed by atoms with Crippen LogP contribution in [0.2, 0.25) is 0 Å². The molecule has 1 aliphatic heterocycles. The molecular formula is C26H30N2O6. The Kier molecular flexibility index (Phi) is 7.49. The number of aromatic nitrogens is 1. The van der Waals surface area contributed by atoms with E-state index in [9.17, 15) is 4.79 Å². The molecule has 0 N–H and O–H groups in total. The number of carbonyl (C=O) groups excluding carboxylic acids is 1. The van der Waals surface area contributed by atoms with E-state index in [4.69, 9.17) is 28.7 Å². The molecule has 1 saturated heterocycles. The number of benzene rings is 2. The lowest BCUT2D eigenvalue weighted by atomic mass is 9.92. The van der Waals surface area contributed by atoms with Gasteiger partial charge in [-0.15, -0.1) is 0 Å². The standard InChI is InChI=1S/C26H30N2O6/c1-5-34-26(29)25-20(16-28-10-12-33-13-11-28)27-19-15-23(32-4)22(31-3)14-18(19)24(25)17-8-6-7-9-21(17)30-2/h6-9,14-15H,5,10-13,16H2,1-4H3. The first-order valence-electron chi connectivity index (χ1n) is 11.3. The Labute approximate surface area is 199 Å². The van der Waals surface area contributed by atoms with Crippen molar-refractivity contribution in [3.63, 3.8) is 0 Å². The van der Waals surface area contributed by atoms with Gasteiger partial charge in [-0.2, -0.15) is 0 Å². The molecule has 1 fully saturated rings. The van der Waals surface area contributed by atoms with Crippen LogP contribution in [-0.2, 0) is 16.0 Å². The van der Waals surface area contributed by atoms with Gasteiger partial charge in [-0.1, -0.05) is 18.2 Å². The van der Waals surface area contributed by atoms with Crippen molar-refractivity contribution >= 4 is 16.9 Å². The number of fused-ring (bicyclic) bond motifs is 1. The summed E-state index contributed by atoms with van der Waals surface area (Å²) in [7, 11) is 4.79. The van der Waals surface area contributed by atoms with Crippen LogP contribution in [-0.4, -0.2) is 70.1 Å². The largest absolute Gasteiger partial charge is 0.496 e. The van der Waals surface area contributed by atoms with Crippen LogP contribution in [0.15, 0.2) is 36.4 Å². The van der Waals surface area contributed by atoms with Crippen LogP contribution in [0.4, 0.5) is 0 Å². The topological polar surface area (TPSA) is 79.4 Å². The second-order valence-electron chi connectivity index (χ2n) is 7.84. The molecule has 1 aliphatic rings. The lowest BCUT2D eigenvalue weighted by molar-refractivity contribution is 0.0331. The molecule has 1 aromatic heterocycles. The van der Waals surface area contributed by atoms with Gasteiger partial charge in [-0.3, -0.25) is 9.88 Å². The van der Waals surface area contributed by atoms with Crippen LogP contribution >= 0.6 is 0 Å². The monoisotopic (exact) mass is 466 g/mol. The highest BCUT2D eigenvalue weighted by Crippen LogP contribution is 2.42. The average molecular weight is 467 g/mol. The number of hydrogen-bond donors (Lipinski definition) is 0. The van der Waals surface area contributed by atoms with Crippen LogP contribution in [0.5, 0.6) is 17.2 Å². The molecule has 0 amide bonds. The van der Waals surface area contributed by atoms with Crippen LogP contribution in [0.3, 0.4) is 0 Å². The van der Waals surface area contributed by atoms with E-state index in [2.05, 4.69) is 4.90 Å². The van der Waals surface area contributed by atoms with Crippen molar-refractivity contribution in [2.45, 2.75) is 13.5 Å². The zero-order valence-corrected chi connectivity index (χ0v) is 20.1. The van der Waals surface area contributed by atoms with Gasteiger partial charge in [0, 0.05) is 42.2 Å². The normalized spacial score (nSPS) is 14.1. The molecule has 0 radical (unpaired) electrons. The van der Waals surface area contributed by atoms with Crippen molar-refractivity contribution in [1.82, 2.24) is 9.88 Å². The van der Waals surface area contributed by atoms with E-state index < -0.39 is 5.97 Å². The van der Waals surface area contributed by atoms with Gasteiger partial charge in [-0.25, -0.2) is 4.79 Å². The number of rotatable bonds is 8. The second kappa shape index (κ2) is 10.7. The maximum absolute atomic E-state index is 13.4. The lowest BCUT2D eigenvalue weighted by Crippen LogP contribution is -2.36. The highest BCUT2D eigenvalue weighted by molar-refractivity contribution is 6.09. The van der Waals surface area contributed by atoms with E-state index in [-0.39, 0.29) is 6.61 Å². The second-order valence-corrected chi connectivity index (χ2v) is 7.84. The molecule has 0 saturated carbocycles. The number of ether oxygens (including phenoxy) is 5. The minimum absolute atomic E-state index is 0.255. The predicted molar refractivity (Wildman–Crippen MR) is 129 cm³/mol. The van der Waals surface area contributed by atoms with Crippen LogP contribution in [0.1, 0.15) is 23.0 Å². The number of para-hydroxylation sites is 1. The quantitative estimate of drug-likeness (QED) is 0.462. The summed E-state index contributed by atoms with van der Waals surface area (Å²) >= 11 is 0. The molecule has 2 aromatic carbocycles. The van der Waals surface area contributed by atoms with E-state index in [0.717, 1.165) is 24.0 Å². The summed E-state index contributed by atoms with van der Waals surface area (Å²) in [6, 6.07) is 11.3. The average Bonchev–Trinajstić information content (AvgIpc) is 2.87. The minimum atomic E-state index is -0.421. The Morgan fingerprint density at radius 1 is 1.00 bits per heavy atom. The minimum Gasteiger partial charge on any atom is -0.496 e. The van der Waals surface area contributed by atoms with Crippen molar-refractivity contribution < 1.29 is 28.5 Å². The molecule has 0 bridgehead atoms. The molecule has 180 valence electrons. The Morgan fingerprint density at radius 3 is 2.35 bits per heavy atom. The number of esters is 1. The zero-order chi connectivity index (χ0) is 24.1. The molecule has 2 heterocycles. The Morgan fingerprint density at radius 2 is 1.68 bits per heavy atom. The van der Waals surface area contributed by atoms with E-state index in [1.807, 2.05) is 36.4 Å². The summed E-state index contributed by atoms with van der Waals surface area (Å²) in [6.45, 7) is 5.36. The molecule has 34 heavy (non-hydrogen) atoms. The summed E-state index contributed by atoms with van der Waals surface area (Å²) < 4.78 is 27.8. The first-order valence-corrected chi connectivity index (χ1v) is 11.3. The predicted octanol–water partition coefficient (Wildman–Crippen LogP) is 3.94. The van der Waals surface area contributed by atoms with Gasteiger partial charge >= 0.3 is 5.97 Å². The number of morpholine rings is 1. The smallest absolute Gasteiger partial charge is 0.340 e. The van der Waals surface area contributed by atoms with E-state index >= 15 is 0 Å². The number of pyridine rings is 1. The van der Waals surface area contributed by atoms with Gasteiger partial charge in [-0.05, 0) is 19.1 Å². The highest BCUT2D eigenvalue weighted by atomic mass is 16.5. The third-order valence-electron chi connectivity index (χ3n) is 5.90. The van der Waals surface area contributed by atoms with Gasteiger partial charge in [0.05, 0.1) is 57.9 Å². The van der Waals surface area contributed by atoms with Crippen molar-refractivity contribution in [3.8, 4) is 28.4 Å². The Bertz CT molecular complexity index is 1170. The molecule has 0 spiro atoms. The molecule has 8 heteroatoms. The number of nitrogens with zero attached hydrogens (tertiary/aromatic N) is 2. The van der Waals surface area contributed by atoms with Crippen molar-refractivity contribution in [2.24, 2.45) is 0 Å². The molecule has 0 atom stereocenters.